The summed E-state index contributed by atoms with van der Waals surface area (Å²) in [5.41, 5.74) is 0.478. The van der Waals surface area contributed by atoms with Gasteiger partial charge in [-0.15, -0.1) is 0 Å². The van der Waals surface area contributed by atoms with Gasteiger partial charge in [-0.25, -0.2) is 9.18 Å². The molecule has 0 heterocycles. The van der Waals surface area contributed by atoms with Crippen molar-refractivity contribution in [2.24, 2.45) is 0 Å². The number of nitrogens with one attached hydrogen (secondary N) is 3. The van der Waals surface area contributed by atoms with Crippen molar-refractivity contribution in [1.82, 2.24) is 5.32 Å². The zero-order valence-electron chi connectivity index (χ0n) is 18.5. The molecule has 0 saturated carbocycles. The lowest BCUT2D eigenvalue weighted by atomic mass is 10.1. The van der Waals surface area contributed by atoms with Crippen LogP contribution in [0.2, 0.25) is 0 Å². The number of hydrogen-bond acceptors (Lipinski definition) is 5. The summed E-state index contributed by atoms with van der Waals surface area (Å²) in [4.78, 5) is 46.8. The average Bonchev–Trinajstić information content (AvgIpc) is 2.71. The molecule has 9 nitrogen and oxygen atoms in total. The fourth-order valence-electron chi connectivity index (χ4n) is 2.62. The van der Waals surface area contributed by atoms with Gasteiger partial charge >= 0.3 is 12.1 Å². The molecule has 4 N–H and O–H groups in total. The minimum atomic E-state index is -1.05. The molecule has 0 bridgehead atoms. The van der Waals surface area contributed by atoms with Gasteiger partial charge in [-0.1, -0.05) is 12.1 Å². The average molecular weight is 459 g/mol. The van der Waals surface area contributed by atoms with Crippen LogP contribution in [-0.2, 0) is 20.9 Å². The van der Waals surface area contributed by atoms with E-state index in [1.165, 1.54) is 6.07 Å². The largest absolute Gasteiger partial charge is 0.481 e. The van der Waals surface area contributed by atoms with Gasteiger partial charge in [0, 0.05) is 18.5 Å². The highest BCUT2D eigenvalue weighted by molar-refractivity contribution is 6.06. The van der Waals surface area contributed by atoms with Crippen LogP contribution >= 0.6 is 0 Å². The standard InChI is InChI=1S/C23H26FN3O6/c1-23(2,3)33-22(32)27-18-12-16(24)8-9-17(18)26-21(31)15-6-4-14(5-7-15)13-25-19(28)10-11-20(29)30/h4-9,12H,10-11,13H2,1-3H3,(H,25,28)(H,26,31)(H,27,32)(H,29,30). The van der Waals surface area contributed by atoms with Gasteiger partial charge in [0.2, 0.25) is 5.91 Å². The summed E-state index contributed by atoms with van der Waals surface area (Å²) < 4.78 is 18.9. The van der Waals surface area contributed by atoms with Gasteiger partial charge in [-0.2, -0.15) is 0 Å². The van der Waals surface area contributed by atoms with Crippen LogP contribution in [0.1, 0.15) is 49.5 Å². The van der Waals surface area contributed by atoms with Crippen LogP contribution < -0.4 is 16.0 Å². The normalized spacial score (nSPS) is 10.8. The van der Waals surface area contributed by atoms with E-state index in [2.05, 4.69) is 16.0 Å². The number of aliphatic carboxylic acids is 1. The molecule has 176 valence electrons. The Balaban J connectivity index is 2.01. The van der Waals surface area contributed by atoms with Crippen molar-refractivity contribution in [3.05, 3.63) is 59.4 Å². The first-order valence-corrected chi connectivity index (χ1v) is 10.1. The highest BCUT2D eigenvalue weighted by Crippen LogP contribution is 2.24. The van der Waals surface area contributed by atoms with Crippen LogP contribution in [-0.4, -0.2) is 34.6 Å². The molecule has 0 aliphatic carbocycles. The molecular formula is C23H26FN3O6. The minimum absolute atomic E-state index is 0.0401. The Morgan fingerprint density at radius 1 is 0.939 bits per heavy atom. The molecule has 0 aromatic heterocycles. The number of halogens is 1. The van der Waals surface area contributed by atoms with Crippen LogP contribution in [0.15, 0.2) is 42.5 Å². The number of carboxylic acid groups (broad SMARTS) is 1. The molecule has 0 fully saturated rings. The quantitative estimate of drug-likeness (QED) is 0.473. The van der Waals surface area contributed by atoms with E-state index >= 15 is 0 Å². The number of carbonyl (C=O) groups excluding carboxylic acids is 3. The van der Waals surface area contributed by atoms with Crippen molar-refractivity contribution in [2.75, 3.05) is 10.6 Å². The first-order valence-electron chi connectivity index (χ1n) is 10.1. The maximum absolute atomic E-state index is 13.7. The molecule has 3 amide bonds. The fourth-order valence-corrected chi connectivity index (χ4v) is 2.62. The van der Waals surface area contributed by atoms with E-state index in [0.29, 0.717) is 11.1 Å². The van der Waals surface area contributed by atoms with Gasteiger partial charge in [-0.3, -0.25) is 19.7 Å². The Bertz CT molecular complexity index is 1030. The lowest BCUT2D eigenvalue weighted by Gasteiger charge is -2.20. The molecule has 2 aromatic rings. The molecule has 0 aliphatic heterocycles. The van der Waals surface area contributed by atoms with Crippen LogP contribution in [0.25, 0.3) is 0 Å². The summed E-state index contributed by atoms with van der Waals surface area (Å²) in [7, 11) is 0. The number of hydrogen-bond donors (Lipinski definition) is 4. The SMILES string of the molecule is CC(C)(C)OC(=O)Nc1cc(F)ccc1NC(=O)c1ccc(CNC(=O)CCC(=O)O)cc1. The van der Waals surface area contributed by atoms with Crippen molar-refractivity contribution >= 4 is 35.3 Å². The number of carboxylic acids is 1. The van der Waals surface area contributed by atoms with Crippen molar-refractivity contribution in [3.8, 4) is 0 Å². The molecule has 0 aliphatic rings. The summed E-state index contributed by atoms with van der Waals surface area (Å²) >= 11 is 0. The molecule has 0 radical (unpaired) electrons. The third kappa shape index (κ3) is 8.98. The fraction of sp³-hybridized carbons (Fsp3) is 0.304. The number of amides is 3. The molecule has 0 spiro atoms. The summed E-state index contributed by atoms with van der Waals surface area (Å²) in [5.74, 6) is -2.54. The van der Waals surface area contributed by atoms with E-state index in [0.717, 1.165) is 12.1 Å². The number of rotatable bonds is 8. The Morgan fingerprint density at radius 3 is 2.21 bits per heavy atom. The van der Waals surface area contributed by atoms with E-state index < -0.39 is 29.4 Å². The molecule has 2 aromatic carbocycles. The third-order valence-corrected chi connectivity index (χ3v) is 4.14. The Labute approximate surface area is 190 Å². The lowest BCUT2D eigenvalue weighted by Crippen LogP contribution is -2.27. The summed E-state index contributed by atoms with van der Waals surface area (Å²) in [6, 6.07) is 9.88. The van der Waals surface area contributed by atoms with Crippen LogP contribution in [0, 0.1) is 5.82 Å². The molecule has 0 saturated heterocycles. The van der Waals surface area contributed by atoms with Crippen LogP contribution in [0.5, 0.6) is 0 Å². The van der Waals surface area contributed by atoms with Gasteiger partial charge in [-0.05, 0) is 56.7 Å². The Hall–Kier alpha value is -3.95. The summed E-state index contributed by atoms with van der Waals surface area (Å²) in [5, 5.41) is 16.2. The van der Waals surface area contributed by atoms with Crippen molar-refractivity contribution in [3.63, 3.8) is 0 Å². The second-order valence-corrected chi connectivity index (χ2v) is 8.14. The first-order chi connectivity index (χ1) is 15.4. The van der Waals surface area contributed by atoms with E-state index in [1.54, 1.807) is 45.0 Å². The van der Waals surface area contributed by atoms with Crippen molar-refractivity contribution in [2.45, 2.75) is 45.8 Å². The van der Waals surface area contributed by atoms with E-state index in [-0.39, 0.29) is 36.7 Å². The monoisotopic (exact) mass is 459 g/mol. The Morgan fingerprint density at radius 2 is 1.61 bits per heavy atom. The maximum Gasteiger partial charge on any atom is 0.412 e. The smallest absolute Gasteiger partial charge is 0.412 e. The highest BCUT2D eigenvalue weighted by Gasteiger charge is 2.18. The summed E-state index contributed by atoms with van der Waals surface area (Å²) in [6.45, 7) is 5.24. The number of ether oxygens (including phenoxy) is 1. The van der Waals surface area contributed by atoms with E-state index in [9.17, 15) is 23.6 Å². The van der Waals surface area contributed by atoms with Gasteiger partial charge in [0.05, 0.1) is 17.8 Å². The van der Waals surface area contributed by atoms with Crippen LogP contribution in [0.4, 0.5) is 20.6 Å². The van der Waals surface area contributed by atoms with Gasteiger partial charge in [0.25, 0.3) is 5.91 Å². The van der Waals surface area contributed by atoms with Crippen molar-refractivity contribution in [1.29, 1.82) is 0 Å². The Kier molecular flexibility index (Phi) is 8.49. The van der Waals surface area contributed by atoms with E-state index in [4.69, 9.17) is 9.84 Å². The van der Waals surface area contributed by atoms with Gasteiger partial charge < -0.3 is 20.5 Å². The predicted molar refractivity (Wildman–Crippen MR) is 119 cm³/mol. The number of benzene rings is 2. The zero-order chi connectivity index (χ0) is 24.6. The first kappa shape index (κ1) is 25.3. The van der Waals surface area contributed by atoms with Crippen LogP contribution in [0.3, 0.4) is 0 Å². The second kappa shape index (κ2) is 11.1. The molecule has 2 rings (SSSR count). The van der Waals surface area contributed by atoms with Gasteiger partial charge in [0.1, 0.15) is 11.4 Å². The number of carbonyl (C=O) groups is 4. The predicted octanol–water partition coefficient (Wildman–Crippen LogP) is 3.91. The minimum Gasteiger partial charge on any atom is -0.481 e. The molecule has 0 unspecified atom stereocenters. The molecular weight excluding hydrogens is 433 g/mol. The van der Waals surface area contributed by atoms with Crippen molar-refractivity contribution < 1.29 is 33.4 Å². The molecule has 0 atom stereocenters. The summed E-state index contributed by atoms with van der Waals surface area (Å²) in [6.07, 6.45) is -1.16. The van der Waals surface area contributed by atoms with E-state index in [1.807, 2.05) is 0 Å². The number of anilines is 2. The highest BCUT2D eigenvalue weighted by atomic mass is 19.1. The molecule has 33 heavy (non-hydrogen) atoms. The van der Waals surface area contributed by atoms with Gasteiger partial charge in [0.15, 0.2) is 0 Å². The third-order valence-electron chi connectivity index (χ3n) is 4.14. The second-order valence-electron chi connectivity index (χ2n) is 8.14. The zero-order valence-corrected chi connectivity index (χ0v) is 18.5. The molecule has 10 heteroatoms. The maximum atomic E-state index is 13.7. The lowest BCUT2D eigenvalue weighted by molar-refractivity contribution is -0.138. The topological polar surface area (TPSA) is 134 Å².